The van der Waals surface area contributed by atoms with Gasteiger partial charge in [-0.3, -0.25) is 14.9 Å². The number of benzene rings is 1. The molecule has 1 atom stereocenters. The van der Waals surface area contributed by atoms with Gasteiger partial charge in [-0.15, -0.1) is 0 Å². The Balaban J connectivity index is 2.53. The van der Waals surface area contributed by atoms with Crippen LogP contribution in [0.25, 0.3) is 0 Å². The van der Waals surface area contributed by atoms with Gasteiger partial charge in [-0.05, 0) is 38.5 Å². The molecular formula is C16H21FN2O5. The van der Waals surface area contributed by atoms with Crippen LogP contribution < -0.4 is 15.4 Å². The standard InChI is InChI=1S/C16H21FN2O5/c1-9(2)18-16(22)19-15(21)10(3)24-14(20)8-11-5-6-13(23-4)12(17)7-11/h5-7,9-10H,8H2,1-4H3,(H2,18,19,21,22). The van der Waals surface area contributed by atoms with Crippen molar-refractivity contribution in [1.82, 2.24) is 10.6 Å². The van der Waals surface area contributed by atoms with E-state index in [2.05, 4.69) is 10.6 Å². The molecule has 0 fully saturated rings. The number of methoxy groups -OCH3 is 1. The lowest BCUT2D eigenvalue weighted by atomic mass is 10.1. The molecule has 24 heavy (non-hydrogen) atoms. The zero-order chi connectivity index (χ0) is 18.3. The zero-order valence-electron chi connectivity index (χ0n) is 14.0. The number of hydrogen-bond acceptors (Lipinski definition) is 5. The van der Waals surface area contributed by atoms with Gasteiger partial charge in [0, 0.05) is 6.04 Å². The molecule has 1 aromatic rings. The first-order valence-electron chi connectivity index (χ1n) is 7.36. The van der Waals surface area contributed by atoms with Crippen LogP contribution in [0.2, 0.25) is 0 Å². The Morgan fingerprint density at radius 2 is 1.88 bits per heavy atom. The number of esters is 1. The summed E-state index contributed by atoms with van der Waals surface area (Å²) >= 11 is 0. The lowest BCUT2D eigenvalue weighted by Gasteiger charge is -2.14. The summed E-state index contributed by atoms with van der Waals surface area (Å²) in [7, 11) is 1.34. The van der Waals surface area contributed by atoms with Gasteiger partial charge in [-0.2, -0.15) is 0 Å². The van der Waals surface area contributed by atoms with Crippen LogP contribution >= 0.6 is 0 Å². The molecule has 0 saturated heterocycles. The number of nitrogens with one attached hydrogen (secondary N) is 2. The van der Waals surface area contributed by atoms with Gasteiger partial charge in [-0.25, -0.2) is 9.18 Å². The molecule has 7 nitrogen and oxygen atoms in total. The van der Waals surface area contributed by atoms with E-state index in [1.165, 1.54) is 26.2 Å². The SMILES string of the molecule is COc1ccc(CC(=O)OC(C)C(=O)NC(=O)NC(C)C)cc1F. The molecule has 1 rings (SSSR count). The Kier molecular flexibility index (Phi) is 7.16. The third-order valence-electron chi connectivity index (χ3n) is 2.90. The summed E-state index contributed by atoms with van der Waals surface area (Å²) in [5, 5.41) is 4.54. The number of imide groups is 1. The van der Waals surface area contributed by atoms with E-state index in [1.807, 2.05) is 0 Å². The first-order valence-corrected chi connectivity index (χ1v) is 7.36. The van der Waals surface area contributed by atoms with E-state index < -0.39 is 29.8 Å². The molecule has 3 amide bonds. The van der Waals surface area contributed by atoms with Crippen molar-refractivity contribution in [2.75, 3.05) is 7.11 Å². The highest BCUT2D eigenvalue weighted by Gasteiger charge is 2.20. The van der Waals surface area contributed by atoms with Gasteiger partial charge in [0.1, 0.15) is 0 Å². The summed E-state index contributed by atoms with van der Waals surface area (Å²) in [6.07, 6.45) is -1.37. The van der Waals surface area contributed by atoms with Crippen molar-refractivity contribution < 1.29 is 28.2 Å². The van der Waals surface area contributed by atoms with Crippen LogP contribution in [0.4, 0.5) is 9.18 Å². The predicted molar refractivity (Wildman–Crippen MR) is 84.0 cm³/mol. The van der Waals surface area contributed by atoms with E-state index in [4.69, 9.17) is 9.47 Å². The van der Waals surface area contributed by atoms with Crippen LogP contribution in [0.3, 0.4) is 0 Å². The van der Waals surface area contributed by atoms with Crippen LogP contribution in [0.1, 0.15) is 26.3 Å². The number of ether oxygens (including phenoxy) is 2. The maximum Gasteiger partial charge on any atom is 0.321 e. The van der Waals surface area contributed by atoms with Gasteiger partial charge in [0.05, 0.1) is 13.5 Å². The second kappa shape index (κ2) is 8.85. The third kappa shape index (κ3) is 6.23. The van der Waals surface area contributed by atoms with Crippen molar-refractivity contribution in [3.8, 4) is 5.75 Å². The maximum atomic E-state index is 13.6. The van der Waals surface area contributed by atoms with Gasteiger partial charge in [0.2, 0.25) is 0 Å². The number of carbonyl (C=O) groups excluding carboxylic acids is 3. The number of rotatable bonds is 6. The molecule has 0 aliphatic heterocycles. The minimum atomic E-state index is -1.15. The molecule has 1 unspecified atom stereocenters. The molecule has 132 valence electrons. The van der Waals surface area contributed by atoms with Gasteiger partial charge in [-0.1, -0.05) is 6.07 Å². The molecule has 0 bridgehead atoms. The van der Waals surface area contributed by atoms with E-state index in [0.29, 0.717) is 5.56 Å². The Labute approximate surface area is 139 Å². The van der Waals surface area contributed by atoms with E-state index >= 15 is 0 Å². The Morgan fingerprint density at radius 3 is 2.42 bits per heavy atom. The predicted octanol–water partition coefficient (Wildman–Crippen LogP) is 1.54. The number of amides is 3. The fourth-order valence-electron chi connectivity index (χ4n) is 1.79. The Hall–Kier alpha value is -2.64. The van der Waals surface area contributed by atoms with Crippen LogP contribution in [0, 0.1) is 5.82 Å². The molecule has 0 aromatic heterocycles. The summed E-state index contributed by atoms with van der Waals surface area (Å²) in [5.41, 5.74) is 0.378. The summed E-state index contributed by atoms with van der Waals surface area (Å²) < 4.78 is 23.3. The van der Waals surface area contributed by atoms with Crippen LogP contribution in [0.5, 0.6) is 5.75 Å². The number of halogens is 1. The summed E-state index contributed by atoms with van der Waals surface area (Å²) in [5.74, 6) is -2.00. The topological polar surface area (TPSA) is 93.7 Å². The molecule has 1 aromatic carbocycles. The lowest BCUT2D eigenvalue weighted by molar-refractivity contribution is -0.153. The maximum absolute atomic E-state index is 13.6. The second-order valence-electron chi connectivity index (χ2n) is 5.40. The minimum absolute atomic E-state index is 0.0658. The average Bonchev–Trinajstić information content (AvgIpc) is 2.46. The molecule has 0 aliphatic carbocycles. The monoisotopic (exact) mass is 340 g/mol. The number of urea groups is 1. The van der Waals surface area contributed by atoms with Crippen molar-refractivity contribution in [3.63, 3.8) is 0 Å². The minimum Gasteiger partial charge on any atom is -0.494 e. The van der Waals surface area contributed by atoms with Crippen molar-refractivity contribution >= 4 is 17.9 Å². The van der Waals surface area contributed by atoms with Crippen LogP contribution in [-0.2, 0) is 20.7 Å². The van der Waals surface area contributed by atoms with Crippen molar-refractivity contribution in [2.24, 2.45) is 0 Å². The Morgan fingerprint density at radius 1 is 1.21 bits per heavy atom. The Bertz CT molecular complexity index is 618. The highest BCUT2D eigenvalue weighted by molar-refractivity contribution is 5.97. The second-order valence-corrected chi connectivity index (χ2v) is 5.40. The molecule has 0 heterocycles. The van der Waals surface area contributed by atoms with E-state index in [9.17, 15) is 18.8 Å². The lowest BCUT2D eigenvalue weighted by Crippen LogP contribution is -2.46. The molecule has 8 heteroatoms. The third-order valence-corrected chi connectivity index (χ3v) is 2.90. The highest BCUT2D eigenvalue weighted by Crippen LogP contribution is 2.18. The highest BCUT2D eigenvalue weighted by atomic mass is 19.1. The van der Waals surface area contributed by atoms with E-state index in [-0.39, 0.29) is 18.2 Å². The summed E-state index contributed by atoms with van der Waals surface area (Å²) in [6.45, 7) is 4.81. The molecular weight excluding hydrogens is 319 g/mol. The van der Waals surface area contributed by atoms with Crippen molar-refractivity contribution in [3.05, 3.63) is 29.6 Å². The van der Waals surface area contributed by atoms with E-state index in [0.717, 1.165) is 6.07 Å². The molecule has 2 N–H and O–H groups in total. The van der Waals surface area contributed by atoms with Gasteiger partial charge >= 0.3 is 12.0 Å². The van der Waals surface area contributed by atoms with Crippen LogP contribution in [-0.4, -0.2) is 37.2 Å². The fraction of sp³-hybridized carbons (Fsp3) is 0.438. The van der Waals surface area contributed by atoms with Gasteiger partial charge in [0.15, 0.2) is 17.7 Å². The fourth-order valence-corrected chi connectivity index (χ4v) is 1.79. The zero-order valence-corrected chi connectivity index (χ0v) is 14.0. The average molecular weight is 340 g/mol. The van der Waals surface area contributed by atoms with Crippen molar-refractivity contribution in [2.45, 2.75) is 39.3 Å². The number of carbonyl (C=O) groups is 3. The van der Waals surface area contributed by atoms with E-state index in [1.54, 1.807) is 13.8 Å². The molecule has 0 radical (unpaired) electrons. The molecule has 0 aliphatic rings. The first-order chi connectivity index (χ1) is 11.2. The smallest absolute Gasteiger partial charge is 0.321 e. The summed E-state index contributed by atoms with van der Waals surface area (Å²) in [4.78, 5) is 34.9. The molecule has 0 saturated carbocycles. The normalized spacial score (nSPS) is 11.6. The van der Waals surface area contributed by atoms with Crippen molar-refractivity contribution in [1.29, 1.82) is 0 Å². The quantitative estimate of drug-likeness (QED) is 0.766. The van der Waals surface area contributed by atoms with Gasteiger partial charge < -0.3 is 14.8 Å². The summed E-state index contributed by atoms with van der Waals surface area (Å²) in [6, 6.07) is 3.26. The largest absolute Gasteiger partial charge is 0.494 e. The first kappa shape index (κ1) is 19.4. The van der Waals surface area contributed by atoms with Crippen LogP contribution in [0.15, 0.2) is 18.2 Å². The number of hydrogen-bond donors (Lipinski definition) is 2. The molecule has 0 spiro atoms. The van der Waals surface area contributed by atoms with Gasteiger partial charge in [0.25, 0.3) is 5.91 Å².